The number of hydrogen-bond donors (Lipinski definition) is 2. The molecule has 0 saturated heterocycles. The largest absolute Gasteiger partial charge is 0.369 e. The molecule has 0 spiro atoms. The first-order valence-corrected chi connectivity index (χ1v) is 6.90. The zero-order chi connectivity index (χ0) is 15.1. The summed E-state index contributed by atoms with van der Waals surface area (Å²) in [4.78, 5) is 23.8. The van der Waals surface area contributed by atoms with Gasteiger partial charge in [0.1, 0.15) is 0 Å². The Bertz CT molecular complexity index is 319. The van der Waals surface area contributed by atoms with E-state index < -0.39 is 11.8 Å². The van der Waals surface area contributed by atoms with E-state index in [1.54, 1.807) is 6.08 Å². The molecule has 0 unspecified atom stereocenters. The Morgan fingerprint density at radius 2 is 1.89 bits per heavy atom. The van der Waals surface area contributed by atoms with E-state index in [9.17, 15) is 9.59 Å². The molecule has 0 aromatic carbocycles. The van der Waals surface area contributed by atoms with Gasteiger partial charge in [-0.25, -0.2) is 0 Å². The van der Waals surface area contributed by atoms with E-state index in [-0.39, 0.29) is 17.2 Å². The average molecular weight is 268 g/mol. The summed E-state index contributed by atoms with van der Waals surface area (Å²) in [6.45, 7) is 12.3. The SMILES string of the molecule is C=CCC[C@H](C(N)=O)[C@@H](CC(C)(C)C)C(=O)NCC. The minimum Gasteiger partial charge on any atom is -0.369 e. The van der Waals surface area contributed by atoms with Gasteiger partial charge < -0.3 is 11.1 Å². The number of allylic oxidation sites excluding steroid dienone is 1. The maximum atomic E-state index is 12.2. The predicted molar refractivity (Wildman–Crippen MR) is 78.4 cm³/mol. The van der Waals surface area contributed by atoms with Crippen LogP contribution in [0.4, 0.5) is 0 Å². The third-order valence-electron chi connectivity index (χ3n) is 3.05. The fraction of sp³-hybridized carbons (Fsp3) is 0.733. The first-order chi connectivity index (χ1) is 8.72. The van der Waals surface area contributed by atoms with E-state index >= 15 is 0 Å². The van der Waals surface area contributed by atoms with E-state index in [1.807, 2.05) is 6.92 Å². The Morgan fingerprint density at radius 1 is 1.32 bits per heavy atom. The van der Waals surface area contributed by atoms with Crippen LogP contribution in [0.5, 0.6) is 0 Å². The molecular formula is C15H28N2O2. The van der Waals surface area contributed by atoms with Gasteiger partial charge in [0.15, 0.2) is 0 Å². The fourth-order valence-corrected chi connectivity index (χ4v) is 2.22. The quantitative estimate of drug-likeness (QED) is 0.663. The summed E-state index contributed by atoms with van der Waals surface area (Å²) < 4.78 is 0. The molecule has 110 valence electrons. The fourth-order valence-electron chi connectivity index (χ4n) is 2.22. The van der Waals surface area contributed by atoms with Crippen LogP contribution in [-0.2, 0) is 9.59 Å². The average Bonchev–Trinajstić information content (AvgIpc) is 2.26. The Kier molecular flexibility index (Phi) is 7.42. The van der Waals surface area contributed by atoms with Gasteiger partial charge >= 0.3 is 0 Å². The van der Waals surface area contributed by atoms with Crippen LogP contribution in [0.1, 0.15) is 47.0 Å². The summed E-state index contributed by atoms with van der Waals surface area (Å²) in [6, 6.07) is 0. The van der Waals surface area contributed by atoms with E-state index in [0.717, 1.165) is 0 Å². The van der Waals surface area contributed by atoms with Gasteiger partial charge in [-0.1, -0.05) is 26.8 Å². The molecule has 0 fully saturated rings. The minimum atomic E-state index is -0.427. The van der Waals surface area contributed by atoms with Gasteiger partial charge in [-0.3, -0.25) is 9.59 Å². The summed E-state index contributed by atoms with van der Waals surface area (Å²) in [5, 5.41) is 2.81. The number of nitrogens with one attached hydrogen (secondary N) is 1. The lowest BCUT2D eigenvalue weighted by Crippen LogP contribution is -2.42. The minimum absolute atomic E-state index is 0.0301. The molecule has 0 aliphatic carbocycles. The van der Waals surface area contributed by atoms with E-state index in [0.29, 0.717) is 25.8 Å². The summed E-state index contributed by atoms with van der Waals surface area (Å²) >= 11 is 0. The maximum absolute atomic E-state index is 12.2. The third kappa shape index (κ3) is 6.99. The molecule has 4 nitrogen and oxygen atoms in total. The zero-order valence-corrected chi connectivity index (χ0v) is 12.7. The molecule has 0 radical (unpaired) electrons. The van der Waals surface area contributed by atoms with E-state index in [4.69, 9.17) is 5.73 Å². The smallest absolute Gasteiger partial charge is 0.223 e. The Labute approximate surface area is 116 Å². The zero-order valence-electron chi connectivity index (χ0n) is 12.7. The molecule has 0 saturated carbocycles. The van der Waals surface area contributed by atoms with E-state index in [1.165, 1.54) is 0 Å². The molecule has 2 amide bonds. The number of amides is 2. The van der Waals surface area contributed by atoms with Gasteiger partial charge in [-0.05, 0) is 31.6 Å². The number of hydrogen-bond acceptors (Lipinski definition) is 2. The van der Waals surface area contributed by atoms with Gasteiger partial charge in [-0.15, -0.1) is 6.58 Å². The number of rotatable bonds is 8. The Morgan fingerprint density at radius 3 is 2.26 bits per heavy atom. The second kappa shape index (κ2) is 7.97. The second-order valence-corrected chi connectivity index (χ2v) is 6.14. The van der Waals surface area contributed by atoms with Gasteiger partial charge in [0.05, 0.1) is 0 Å². The van der Waals surface area contributed by atoms with Crippen LogP contribution < -0.4 is 11.1 Å². The summed E-state index contributed by atoms with van der Waals surface area (Å²) in [7, 11) is 0. The van der Waals surface area contributed by atoms with Crippen molar-refractivity contribution >= 4 is 11.8 Å². The Hall–Kier alpha value is -1.32. The lowest BCUT2D eigenvalue weighted by molar-refractivity contribution is -0.134. The van der Waals surface area contributed by atoms with Crippen molar-refractivity contribution in [2.24, 2.45) is 23.0 Å². The van der Waals surface area contributed by atoms with Crippen LogP contribution in [0.25, 0.3) is 0 Å². The van der Waals surface area contributed by atoms with Crippen LogP contribution in [0.15, 0.2) is 12.7 Å². The number of nitrogens with two attached hydrogens (primary N) is 1. The highest BCUT2D eigenvalue weighted by molar-refractivity contribution is 5.86. The first-order valence-electron chi connectivity index (χ1n) is 6.90. The normalized spacial score (nSPS) is 14.5. The lowest BCUT2D eigenvalue weighted by atomic mass is 9.76. The summed E-state index contributed by atoms with van der Waals surface area (Å²) in [6.07, 6.45) is 3.66. The molecule has 2 atom stereocenters. The van der Waals surface area contributed by atoms with Crippen molar-refractivity contribution in [3.63, 3.8) is 0 Å². The van der Waals surface area contributed by atoms with Gasteiger partial charge in [0.2, 0.25) is 11.8 Å². The van der Waals surface area contributed by atoms with Gasteiger partial charge in [-0.2, -0.15) is 0 Å². The van der Waals surface area contributed by atoms with Crippen molar-refractivity contribution in [2.75, 3.05) is 6.54 Å². The molecule has 4 heteroatoms. The molecule has 0 heterocycles. The van der Waals surface area contributed by atoms with Crippen molar-refractivity contribution in [1.82, 2.24) is 5.32 Å². The molecule has 0 aromatic rings. The second-order valence-electron chi connectivity index (χ2n) is 6.14. The molecular weight excluding hydrogens is 240 g/mol. The predicted octanol–water partition coefficient (Wildman–Crippen LogP) is 2.24. The standard InChI is InChI=1S/C15H28N2O2/c1-6-8-9-11(13(16)18)12(10-15(3,4)5)14(19)17-7-2/h6,11-12H,1,7-10H2,2-5H3,(H2,16,18)(H,17,19)/t11-,12+/m0/s1. The van der Waals surface area contributed by atoms with Gasteiger partial charge in [0, 0.05) is 18.4 Å². The molecule has 0 aromatic heterocycles. The van der Waals surface area contributed by atoms with Crippen LogP contribution in [0.3, 0.4) is 0 Å². The number of carbonyl (C=O) groups excluding carboxylic acids is 2. The topological polar surface area (TPSA) is 72.2 Å². The maximum Gasteiger partial charge on any atom is 0.223 e. The molecule has 0 bridgehead atoms. The highest BCUT2D eigenvalue weighted by atomic mass is 16.2. The summed E-state index contributed by atoms with van der Waals surface area (Å²) in [5.41, 5.74) is 5.45. The van der Waals surface area contributed by atoms with Crippen LogP contribution in [-0.4, -0.2) is 18.4 Å². The first kappa shape index (κ1) is 17.7. The lowest BCUT2D eigenvalue weighted by Gasteiger charge is -2.29. The number of primary amides is 1. The monoisotopic (exact) mass is 268 g/mol. The highest BCUT2D eigenvalue weighted by Crippen LogP contribution is 2.31. The van der Waals surface area contributed by atoms with Crippen molar-refractivity contribution in [3.8, 4) is 0 Å². The van der Waals surface area contributed by atoms with Crippen molar-refractivity contribution < 1.29 is 9.59 Å². The molecule has 19 heavy (non-hydrogen) atoms. The number of carbonyl (C=O) groups is 2. The van der Waals surface area contributed by atoms with Crippen molar-refractivity contribution in [1.29, 1.82) is 0 Å². The molecule has 0 rings (SSSR count). The van der Waals surface area contributed by atoms with Crippen molar-refractivity contribution in [2.45, 2.75) is 47.0 Å². The van der Waals surface area contributed by atoms with Crippen LogP contribution in [0, 0.1) is 17.3 Å². The third-order valence-corrected chi connectivity index (χ3v) is 3.05. The van der Waals surface area contributed by atoms with Gasteiger partial charge in [0.25, 0.3) is 0 Å². The van der Waals surface area contributed by atoms with E-state index in [2.05, 4.69) is 32.7 Å². The highest BCUT2D eigenvalue weighted by Gasteiger charge is 2.34. The van der Waals surface area contributed by atoms with Crippen LogP contribution in [0.2, 0.25) is 0 Å². The van der Waals surface area contributed by atoms with Crippen LogP contribution >= 0.6 is 0 Å². The van der Waals surface area contributed by atoms with Crippen molar-refractivity contribution in [3.05, 3.63) is 12.7 Å². The summed E-state index contributed by atoms with van der Waals surface area (Å²) in [5.74, 6) is -1.27. The Balaban J connectivity index is 5.08. The molecule has 0 aliphatic rings. The molecule has 0 aliphatic heterocycles. The molecule has 3 N–H and O–H groups in total.